The van der Waals surface area contributed by atoms with E-state index in [1.165, 1.54) is 48.2 Å². The highest BCUT2D eigenvalue weighted by Gasteiger charge is 2.10. The SMILES string of the molecule is NNC(=O)c1ccc(F)c(CSc2ccc(F)cc2N)c1. The minimum atomic E-state index is -0.498. The molecule has 0 bridgehead atoms. The van der Waals surface area contributed by atoms with Crippen LogP contribution in [0.2, 0.25) is 0 Å². The zero-order valence-corrected chi connectivity index (χ0v) is 11.7. The number of nitrogen functional groups attached to an aromatic ring is 2. The second-order valence-corrected chi connectivity index (χ2v) is 5.27. The van der Waals surface area contributed by atoms with Crippen LogP contribution in [0.4, 0.5) is 14.5 Å². The third kappa shape index (κ3) is 3.71. The molecule has 7 heteroatoms. The molecule has 0 spiro atoms. The molecule has 110 valence electrons. The van der Waals surface area contributed by atoms with Gasteiger partial charge in [-0.3, -0.25) is 10.2 Å². The molecule has 0 aliphatic carbocycles. The van der Waals surface area contributed by atoms with Crippen molar-refractivity contribution in [3.63, 3.8) is 0 Å². The van der Waals surface area contributed by atoms with Crippen molar-refractivity contribution in [3.05, 3.63) is 59.2 Å². The van der Waals surface area contributed by atoms with Crippen molar-refractivity contribution in [2.45, 2.75) is 10.6 Å². The van der Waals surface area contributed by atoms with Gasteiger partial charge in [0.2, 0.25) is 0 Å². The van der Waals surface area contributed by atoms with Crippen molar-refractivity contribution in [1.29, 1.82) is 0 Å². The summed E-state index contributed by atoms with van der Waals surface area (Å²) >= 11 is 1.26. The lowest BCUT2D eigenvalue weighted by Crippen LogP contribution is -2.30. The van der Waals surface area contributed by atoms with Crippen LogP contribution in [0.15, 0.2) is 41.3 Å². The molecule has 0 aliphatic rings. The molecule has 1 amide bonds. The summed E-state index contributed by atoms with van der Waals surface area (Å²) in [6.07, 6.45) is 0. The van der Waals surface area contributed by atoms with Crippen molar-refractivity contribution < 1.29 is 13.6 Å². The maximum Gasteiger partial charge on any atom is 0.265 e. The molecule has 0 saturated carbocycles. The summed E-state index contributed by atoms with van der Waals surface area (Å²) in [5, 5.41) is 0. The molecule has 5 N–H and O–H groups in total. The Morgan fingerprint density at radius 2 is 1.95 bits per heavy atom. The number of hydrogen-bond donors (Lipinski definition) is 3. The molecule has 0 aliphatic heterocycles. The summed E-state index contributed by atoms with van der Waals surface area (Å²) in [6.45, 7) is 0. The van der Waals surface area contributed by atoms with Gasteiger partial charge in [-0.15, -0.1) is 11.8 Å². The highest BCUT2D eigenvalue weighted by atomic mass is 32.2. The molecular weight excluding hydrogens is 296 g/mol. The summed E-state index contributed by atoms with van der Waals surface area (Å²) in [5.74, 6) is 3.94. The number of amides is 1. The first-order valence-corrected chi connectivity index (χ1v) is 6.97. The normalized spacial score (nSPS) is 10.4. The third-order valence-electron chi connectivity index (χ3n) is 2.79. The molecular formula is C14H13F2N3OS. The van der Waals surface area contributed by atoms with E-state index in [0.717, 1.165) is 0 Å². The van der Waals surface area contributed by atoms with Gasteiger partial charge in [-0.25, -0.2) is 14.6 Å². The lowest BCUT2D eigenvalue weighted by Gasteiger charge is -2.08. The summed E-state index contributed by atoms with van der Waals surface area (Å²) in [5.41, 5.74) is 8.57. The van der Waals surface area contributed by atoms with Crippen LogP contribution in [0.5, 0.6) is 0 Å². The van der Waals surface area contributed by atoms with Gasteiger partial charge in [0, 0.05) is 21.9 Å². The van der Waals surface area contributed by atoms with Crippen LogP contribution in [0.3, 0.4) is 0 Å². The molecule has 0 unspecified atom stereocenters. The predicted molar refractivity (Wildman–Crippen MR) is 78.4 cm³/mol. The number of hydrogen-bond acceptors (Lipinski definition) is 4. The first-order chi connectivity index (χ1) is 10.0. The van der Waals surface area contributed by atoms with Crippen LogP contribution in [0.25, 0.3) is 0 Å². The van der Waals surface area contributed by atoms with Crippen LogP contribution >= 0.6 is 11.8 Å². The summed E-state index contributed by atoms with van der Waals surface area (Å²) in [7, 11) is 0. The number of halogens is 2. The van der Waals surface area contributed by atoms with E-state index in [2.05, 4.69) is 0 Å². The lowest BCUT2D eigenvalue weighted by molar-refractivity contribution is 0.0953. The standard InChI is InChI=1S/C14H13F2N3OS/c15-10-2-4-13(12(17)6-10)21-7-9-5-8(14(20)19-18)1-3-11(9)16/h1-6H,7,17-18H2,(H,19,20). The first-order valence-electron chi connectivity index (χ1n) is 5.98. The molecule has 4 nitrogen and oxygen atoms in total. The second kappa shape index (κ2) is 6.55. The Hall–Kier alpha value is -2.12. The smallest absolute Gasteiger partial charge is 0.265 e. The minimum Gasteiger partial charge on any atom is -0.398 e. The van der Waals surface area contributed by atoms with Crippen molar-refractivity contribution in [3.8, 4) is 0 Å². The van der Waals surface area contributed by atoms with E-state index in [0.29, 0.717) is 10.5 Å². The van der Waals surface area contributed by atoms with Crippen molar-refractivity contribution in [2.75, 3.05) is 5.73 Å². The minimum absolute atomic E-state index is 0.257. The highest BCUT2D eigenvalue weighted by molar-refractivity contribution is 7.98. The largest absolute Gasteiger partial charge is 0.398 e. The summed E-state index contributed by atoms with van der Waals surface area (Å²) in [4.78, 5) is 12.1. The number of nitrogens with two attached hydrogens (primary N) is 2. The Balaban J connectivity index is 2.17. The maximum atomic E-state index is 13.7. The topological polar surface area (TPSA) is 81.1 Å². The van der Waals surface area contributed by atoms with E-state index < -0.39 is 17.5 Å². The van der Waals surface area contributed by atoms with Gasteiger partial charge in [-0.1, -0.05) is 0 Å². The fourth-order valence-corrected chi connectivity index (χ4v) is 2.64. The van der Waals surface area contributed by atoms with E-state index in [-0.39, 0.29) is 17.0 Å². The van der Waals surface area contributed by atoms with Gasteiger partial charge in [0.15, 0.2) is 0 Å². The van der Waals surface area contributed by atoms with E-state index in [1.54, 1.807) is 0 Å². The fourth-order valence-electron chi connectivity index (χ4n) is 1.72. The highest BCUT2D eigenvalue weighted by Crippen LogP contribution is 2.29. The zero-order valence-electron chi connectivity index (χ0n) is 10.9. The van der Waals surface area contributed by atoms with Gasteiger partial charge in [-0.2, -0.15) is 0 Å². The fraction of sp³-hybridized carbons (Fsp3) is 0.0714. The molecule has 2 aromatic carbocycles. The number of thioether (sulfide) groups is 1. The molecule has 21 heavy (non-hydrogen) atoms. The molecule has 0 atom stereocenters. The number of benzene rings is 2. The maximum absolute atomic E-state index is 13.7. The van der Waals surface area contributed by atoms with Gasteiger partial charge in [0.25, 0.3) is 5.91 Å². The number of anilines is 1. The van der Waals surface area contributed by atoms with Crippen LogP contribution in [-0.2, 0) is 5.75 Å². The van der Waals surface area contributed by atoms with Crippen molar-refractivity contribution >= 4 is 23.4 Å². The molecule has 0 aromatic heterocycles. The van der Waals surface area contributed by atoms with E-state index >= 15 is 0 Å². The summed E-state index contributed by atoms with van der Waals surface area (Å²) in [6, 6.07) is 7.99. The van der Waals surface area contributed by atoms with Crippen LogP contribution in [-0.4, -0.2) is 5.91 Å². The van der Waals surface area contributed by atoms with E-state index in [1.807, 2.05) is 5.43 Å². The number of nitrogens with one attached hydrogen (secondary N) is 1. The second-order valence-electron chi connectivity index (χ2n) is 4.25. The third-order valence-corrected chi connectivity index (χ3v) is 3.93. The molecule has 2 rings (SSSR count). The molecule has 2 aromatic rings. The van der Waals surface area contributed by atoms with Gasteiger partial charge in [0.05, 0.1) is 0 Å². The van der Waals surface area contributed by atoms with E-state index in [4.69, 9.17) is 11.6 Å². The van der Waals surface area contributed by atoms with Gasteiger partial charge >= 0.3 is 0 Å². The quantitative estimate of drug-likeness (QED) is 0.266. The number of carbonyl (C=O) groups is 1. The van der Waals surface area contributed by atoms with Gasteiger partial charge in [-0.05, 0) is 42.0 Å². The van der Waals surface area contributed by atoms with Gasteiger partial charge < -0.3 is 5.73 Å². The number of hydrazine groups is 1. The Labute approximate surface area is 124 Å². The monoisotopic (exact) mass is 309 g/mol. The molecule has 0 heterocycles. The lowest BCUT2D eigenvalue weighted by atomic mass is 10.1. The Bertz CT molecular complexity index is 679. The average molecular weight is 309 g/mol. The van der Waals surface area contributed by atoms with Crippen molar-refractivity contribution in [2.24, 2.45) is 5.84 Å². The molecule has 0 fully saturated rings. The Kier molecular flexibility index (Phi) is 4.77. The van der Waals surface area contributed by atoms with Gasteiger partial charge in [0.1, 0.15) is 11.6 Å². The summed E-state index contributed by atoms with van der Waals surface area (Å²) < 4.78 is 26.7. The van der Waals surface area contributed by atoms with Crippen LogP contribution < -0.4 is 17.0 Å². The Morgan fingerprint density at radius 1 is 1.19 bits per heavy atom. The van der Waals surface area contributed by atoms with Crippen LogP contribution in [0, 0.1) is 11.6 Å². The van der Waals surface area contributed by atoms with E-state index in [9.17, 15) is 13.6 Å². The number of rotatable bonds is 4. The predicted octanol–water partition coefficient (Wildman–Crippen LogP) is 2.44. The first kappa shape index (κ1) is 15.3. The average Bonchev–Trinajstić information content (AvgIpc) is 2.47. The molecule has 0 radical (unpaired) electrons. The zero-order chi connectivity index (χ0) is 15.4. The Morgan fingerprint density at radius 3 is 2.62 bits per heavy atom. The van der Waals surface area contributed by atoms with Crippen LogP contribution in [0.1, 0.15) is 15.9 Å². The number of carbonyl (C=O) groups excluding carboxylic acids is 1. The van der Waals surface area contributed by atoms with Crippen molar-refractivity contribution in [1.82, 2.24) is 5.43 Å². The molecule has 0 saturated heterocycles.